The third-order valence-corrected chi connectivity index (χ3v) is 3.53. The van der Waals surface area contributed by atoms with Crippen molar-refractivity contribution in [2.75, 3.05) is 24.3 Å². The van der Waals surface area contributed by atoms with E-state index in [0.717, 1.165) is 37.4 Å². The molecule has 1 aromatic rings. The van der Waals surface area contributed by atoms with Gasteiger partial charge in [0, 0.05) is 12.1 Å². The SMILES string of the molecule is CCCNc1ncnc(NC(C)(CC)CC)c1OC. The number of nitrogens with zero attached hydrogens (tertiary/aromatic N) is 2. The van der Waals surface area contributed by atoms with Crippen LogP contribution in [0.15, 0.2) is 6.33 Å². The number of hydrogen-bond donors (Lipinski definition) is 2. The molecule has 0 fully saturated rings. The molecule has 0 radical (unpaired) electrons. The molecule has 5 nitrogen and oxygen atoms in total. The number of aromatic nitrogens is 2. The molecule has 0 aromatic carbocycles. The number of methoxy groups -OCH3 is 1. The molecule has 0 saturated carbocycles. The lowest BCUT2D eigenvalue weighted by atomic mass is 9.95. The molecule has 1 rings (SSSR count). The van der Waals surface area contributed by atoms with Gasteiger partial charge in [-0.25, -0.2) is 9.97 Å². The fourth-order valence-corrected chi connectivity index (χ4v) is 1.74. The third kappa shape index (κ3) is 3.98. The van der Waals surface area contributed by atoms with Gasteiger partial charge in [0.2, 0.25) is 5.75 Å². The Morgan fingerprint density at radius 2 is 1.79 bits per heavy atom. The Labute approximate surface area is 116 Å². The second-order valence-corrected chi connectivity index (χ2v) is 4.92. The lowest BCUT2D eigenvalue weighted by Gasteiger charge is -2.29. The van der Waals surface area contributed by atoms with E-state index in [4.69, 9.17) is 4.74 Å². The van der Waals surface area contributed by atoms with Gasteiger partial charge in [0.15, 0.2) is 11.6 Å². The van der Waals surface area contributed by atoms with E-state index in [9.17, 15) is 0 Å². The Morgan fingerprint density at radius 1 is 1.16 bits per heavy atom. The summed E-state index contributed by atoms with van der Waals surface area (Å²) in [6, 6.07) is 0. The van der Waals surface area contributed by atoms with Crippen LogP contribution in [0.25, 0.3) is 0 Å². The molecule has 1 aromatic heterocycles. The van der Waals surface area contributed by atoms with Crippen molar-refractivity contribution in [1.82, 2.24) is 9.97 Å². The van der Waals surface area contributed by atoms with Crippen LogP contribution >= 0.6 is 0 Å². The van der Waals surface area contributed by atoms with Crippen molar-refractivity contribution in [1.29, 1.82) is 0 Å². The molecule has 0 aliphatic heterocycles. The third-order valence-electron chi connectivity index (χ3n) is 3.53. The molecular formula is C14H26N4O. The Balaban J connectivity index is 3.00. The van der Waals surface area contributed by atoms with Gasteiger partial charge in [0.1, 0.15) is 6.33 Å². The number of hydrogen-bond acceptors (Lipinski definition) is 5. The molecule has 0 bridgehead atoms. The molecule has 0 amide bonds. The van der Waals surface area contributed by atoms with E-state index in [0.29, 0.717) is 5.75 Å². The molecule has 0 spiro atoms. The van der Waals surface area contributed by atoms with E-state index in [1.165, 1.54) is 0 Å². The first-order valence-corrected chi connectivity index (χ1v) is 7.01. The van der Waals surface area contributed by atoms with E-state index < -0.39 is 0 Å². The van der Waals surface area contributed by atoms with Gasteiger partial charge in [0.25, 0.3) is 0 Å². The summed E-state index contributed by atoms with van der Waals surface area (Å²) >= 11 is 0. The predicted molar refractivity (Wildman–Crippen MR) is 80.0 cm³/mol. The zero-order chi connectivity index (χ0) is 14.3. The summed E-state index contributed by atoms with van der Waals surface area (Å²) in [5.41, 5.74) is 0.0175. The molecule has 108 valence electrons. The van der Waals surface area contributed by atoms with E-state index in [2.05, 4.69) is 48.3 Å². The Morgan fingerprint density at radius 3 is 2.32 bits per heavy atom. The lowest BCUT2D eigenvalue weighted by molar-refractivity contribution is 0.409. The van der Waals surface area contributed by atoms with Crippen molar-refractivity contribution in [3.05, 3.63) is 6.33 Å². The van der Waals surface area contributed by atoms with Crippen LogP contribution in [-0.4, -0.2) is 29.2 Å². The summed E-state index contributed by atoms with van der Waals surface area (Å²) in [7, 11) is 1.65. The van der Waals surface area contributed by atoms with E-state index in [1.54, 1.807) is 13.4 Å². The summed E-state index contributed by atoms with van der Waals surface area (Å²) in [5.74, 6) is 2.18. The summed E-state index contributed by atoms with van der Waals surface area (Å²) in [4.78, 5) is 8.55. The maximum Gasteiger partial charge on any atom is 0.204 e. The van der Waals surface area contributed by atoms with Gasteiger partial charge in [-0.3, -0.25) is 0 Å². The van der Waals surface area contributed by atoms with E-state index >= 15 is 0 Å². The van der Waals surface area contributed by atoms with Crippen LogP contribution < -0.4 is 15.4 Å². The lowest BCUT2D eigenvalue weighted by Crippen LogP contribution is -2.33. The standard InChI is InChI=1S/C14H26N4O/c1-6-9-15-12-11(19-5)13(17-10-16-12)18-14(4,7-2)8-3/h10H,6-9H2,1-5H3,(H2,15,16,17,18). The first-order valence-electron chi connectivity index (χ1n) is 7.01. The molecule has 2 N–H and O–H groups in total. The molecule has 0 saturated heterocycles. The Hall–Kier alpha value is -1.52. The fourth-order valence-electron chi connectivity index (χ4n) is 1.74. The van der Waals surface area contributed by atoms with Crippen LogP contribution in [0.4, 0.5) is 11.6 Å². The minimum Gasteiger partial charge on any atom is -0.490 e. The number of ether oxygens (including phenoxy) is 1. The molecule has 0 aliphatic carbocycles. The summed E-state index contributed by atoms with van der Waals surface area (Å²) in [6.45, 7) is 9.51. The maximum atomic E-state index is 5.46. The molecular weight excluding hydrogens is 240 g/mol. The number of anilines is 2. The van der Waals surface area contributed by atoms with Crippen LogP contribution in [0.2, 0.25) is 0 Å². The van der Waals surface area contributed by atoms with Gasteiger partial charge in [-0.15, -0.1) is 0 Å². The number of nitrogens with one attached hydrogen (secondary N) is 2. The molecule has 5 heteroatoms. The highest BCUT2D eigenvalue weighted by molar-refractivity contribution is 5.64. The zero-order valence-corrected chi connectivity index (χ0v) is 12.7. The van der Waals surface area contributed by atoms with Crippen molar-refractivity contribution in [3.63, 3.8) is 0 Å². The minimum atomic E-state index is 0.0175. The fraction of sp³-hybridized carbons (Fsp3) is 0.714. The van der Waals surface area contributed by atoms with Crippen LogP contribution in [0, 0.1) is 0 Å². The molecule has 1 heterocycles. The van der Waals surface area contributed by atoms with Crippen LogP contribution in [-0.2, 0) is 0 Å². The molecule has 0 aliphatic rings. The second-order valence-electron chi connectivity index (χ2n) is 4.92. The second kappa shape index (κ2) is 7.16. The van der Waals surface area contributed by atoms with Crippen LogP contribution in [0.5, 0.6) is 5.75 Å². The van der Waals surface area contributed by atoms with Crippen LogP contribution in [0.3, 0.4) is 0 Å². The van der Waals surface area contributed by atoms with Gasteiger partial charge in [0.05, 0.1) is 7.11 Å². The Kier molecular flexibility index (Phi) is 5.86. The van der Waals surface area contributed by atoms with Crippen molar-refractivity contribution in [2.24, 2.45) is 0 Å². The first-order chi connectivity index (χ1) is 9.10. The zero-order valence-electron chi connectivity index (χ0n) is 12.7. The highest BCUT2D eigenvalue weighted by Crippen LogP contribution is 2.32. The van der Waals surface area contributed by atoms with Crippen molar-refractivity contribution >= 4 is 11.6 Å². The van der Waals surface area contributed by atoms with Gasteiger partial charge in [-0.05, 0) is 26.2 Å². The molecule has 0 atom stereocenters. The average Bonchev–Trinajstić information content (AvgIpc) is 2.45. The Bertz CT molecular complexity index is 391. The normalized spacial score (nSPS) is 11.2. The van der Waals surface area contributed by atoms with Crippen molar-refractivity contribution in [2.45, 2.75) is 52.5 Å². The predicted octanol–water partition coefficient (Wildman–Crippen LogP) is 3.30. The van der Waals surface area contributed by atoms with Crippen molar-refractivity contribution in [3.8, 4) is 5.75 Å². The smallest absolute Gasteiger partial charge is 0.204 e. The van der Waals surface area contributed by atoms with Crippen LogP contribution in [0.1, 0.15) is 47.0 Å². The average molecular weight is 266 g/mol. The highest BCUT2D eigenvalue weighted by Gasteiger charge is 2.22. The monoisotopic (exact) mass is 266 g/mol. The maximum absolute atomic E-state index is 5.46. The van der Waals surface area contributed by atoms with Gasteiger partial charge < -0.3 is 15.4 Å². The first kappa shape index (κ1) is 15.5. The number of rotatable bonds is 8. The summed E-state index contributed by atoms with van der Waals surface area (Å²) in [6.07, 6.45) is 4.65. The van der Waals surface area contributed by atoms with Crippen molar-refractivity contribution < 1.29 is 4.74 Å². The van der Waals surface area contributed by atoms with Gasteiger partial charge in [-0.1, -0.05) is 20.8 Å². The van der Waals surface area contributed by atoms with E-state index in [-0.39, 0.29) is 5.54 Å². The topological polar surface area (TPSA) is 59.1 Å². The summed E-state index contributed by atoms with van der Waals surface area (Å²) in [5, 5.41) is 6.73. The quantitative estimate of drug-likeness (QED) is 0.756. The summed E-state index contributed by atoms with van der Waals surface area (Å²) < 4.78 is 5.46. The van der Waals surface area contributed by atoms with E-state index in [1.807, 2.05) is 0 Å². The van der Waals surface area contributed by atoms with Gasteiger partial charge >= 0.3 is 0 Å². The molecule has 19 heavy (non-hydrogen) atoms. The minimum absolute atomic E-state index is 0.0175. The highest BCUT2D eigenvalue weighted by atomic mass is 16.5. The van der Waals surface area contributed by atoms with Gasteiger partial charge in [-0.2, -0.15) is 0 Å². The largest absolute Gasteiger partial charge is 0.490 e. The molecule has 0 unspecified atom stereocenters.